The van der Waals surface area contributed by atoms with Crippen molar-refractivity contribution < 1.29 is 19.1 Å². The first kappa shape index (κ1) is 20.2. The lowest BCUT2D eigenvalue weighted by atomic mass is 10.1. The third kappa shape index (κ3) is 4.11. The van der Waals surface area contributed by atoms with Gasteiger partial charge in [0.1, 0.15) is 0 Å². The fourth-order valence-electron chi connectivity index (χ4n) is 3.81. The molecule has 0 bridgehead atoms. The molecule has 2 saturated heterocycles. The Morgan fingerprint density at radius 1 is 1.20 bits per heavy atom. The third-order valence-corrected chi connectivity index (χ3v) is 5.74. The number of thiol groups is 1. The number of anilines is 1. The van der Waals surface area contributed by atoms with Crippen molar-refractivity contribution in [2.45, 2.75) is 18.9 Å². The molecule has 0 aliphatic carbocycles. The Balaban J connectivity index is 1.52. The van der Waals surface area contributed by atoms with E-state index in [1.807, 2.05) is 24.3 Å². The van der Waals surface area contributed by atoms with Gasteiger partial charge in [0.15, 0.2) is 6.10 Å². The van der Waals surface area contributed by atoms with Crippen molar-refractivity contribution in [1.29, 1.82) is 0 Å². The minimum Gasteiger partial charge on any atom is -0.452 e. The zero-order chi connectivity index (χ0) is 21.3. The fraction of sp³-hybridized carbons (Fsp3) is 0.333. The van der Waals surface area contributed by atoms with Crippen LogP contribution in [0.3, 0.4) is 0 Å². The van der Waals surface area contributed by atoms with Gasteiger partial charge in [-0.05, 0) is 29.8 Å². The van der Waals surface area contributed by atoms with Gasteiger partial charge in [-0.15, -0.1) is 12.6 Å². The summed E-state index contributed by atoms with van der Waals surface area (Å²) in [6.07, 6.45) is 3.51. The van der Waals surface area contributed by atoms with E-state index in [2.05, 4.69) is 22.5 Å². The van der Waals surface area contributed by atoms with E-state index in [-0.39, 0.29) is 16.8 Å². The maximum Gasteiger partial charge on any atom is 0.306 e. The number of ether oxygens (including phenoxy) is 1. The number of cyclic esters (lactones) is 1. The van der Waals surface area contributed by atoms with E-state index in [4.69, 9.17) is 10.5 Å². The number of fused-ring (bicyclic) bond motifs is 1. The van der Waals surface area contributed by atoms with Crippen LogP contribution in [0.2, 0.25) is 0 Å². The van der Waals surface area contributed by atoms with Crippen molar-refractivity contribution in [3.63, 3.8) is 0 Å². The van der Waals surface area contributed by atoms with Crippen molar-refractivity contribution in [3.05, 3.63) is 40.9 Å². The Labute approximate surface area is 179 Å². The highest BCUT2D eigenvalue weighted by atomic mass is 32.1. The molecule has 3 heterocycles. The summed E-state index contributed by atoms with van der Waals surface area (Å²) in [4.78, 5) is 43.7. The number of primary amides is 1. The van der Waals surface area contributed by atoms with Gasteiger partial charge in [-0.2, -0.15) is 0 Å². The molecule has 2 aromatic rings. The lowest BCUT2D eigenvalue weighted by molar-refractivity contribution is -0.153. The number of carbonyl (C=O) groups excluding carboxylic acids is 3. The number of piperazine rings is 1. The fourth-order valence-corrected chi connectivity index (χ4v) is 3.96. The summed E-state index contributed by atoms with van der Waals surface area (Å²) in [5, 5.41) is 0.946. The molecule has 0 saturated carbocycles. The summed E-state index contributed by atoms with van der Waals surface area (Å²) in [6, 6.07) is 7.65. The van der Waals surface area contributed by atoms with Crippen molar-refractivity contribution in [2.75, 3.05) is 31.1 Å². The standard InChI is InChI=1S/C21H22N4O4S/c22-20(27)18(30)12-13-1-2-15-14(11-13)16(5-6-23-15)24-7-9-25(10-8-24)21(28)17-3-4-19(26)29-17/h1-2,5-6,11-12,17,30H,3-4,7-10H2,(H2,22,27)/b18-12-/t17-/m1/s1. The molecular formula is C21H22N4O4S. The molecule has 1 aromatic carbocycles. The number of nitrogens with two attached hydrogens (primary N) is 1. The highest BCUT2D eigenvalue weighted by molar-refractivity contribution is 7.85. The second-order valence-corrected chi connectivity index (χ2v) is 7.81. The number of aromatic nitrogens is 1. The van der Waals surface area contributed by atoms with Crippen LogP contribution in [0.15, 0.2) is 35.4 Å². The van der Waals surface area contributed by atoms with Crippen LogP contribution < -0.4 is 10.6 Å². The lowest BCUT2D eigenvalue weighted by Gasteiger charge is -2.37. The number of nitrogens with zero attached hydrogens (tertiary/aromatic N) is 3. The molecule has 8 nitrogen and oxygen atoms in total. The maximum atomic E-state index is 12.6. The Kier molecular flexibility index (Phi) is 5.63. The zero-order valence-corrected chi connectivity index (χ0v) is 17.2. The van der Waals surface area contributed by atoms with Crippen LogP contribution in [0.5, 0.6) is 0 Å². The van der Waals surface area contributed by atoms with Crippen molar-refractivity contribution in [3.8, 4) is 0 Å². The summed E-state index contributed by atoms with van der Waals surface area (Å²) in [7, 11) is 0. The normalized spacial score (nSPS) is 19.8. The molecule has 2 amide bonds. The number of hydrogen-bond acceptors (Lipinski definition) is 7. The summed E-state index contributed by atoms with van der Waals surface area (Å²) >= 11 is 4.12. The number of hydrogen-bond donors (Lipinski definition) is 2. The van der Waals surface area contributed by atoms with E-state index in [1.54, 1.807) is 17.2 Å². The summed E-state index contributed by atoms with van der Waals surface area (Å²) < 4.78 is 5.11. The van der Waals surface area contributed by atoms with Crippen LogP contribution in [0.25, 0.3) is 17.0 Å². The predicted molar refractivity (Wildman–Crippen MR) is 116 cm³/mol. The van der Waals surface area contributed by atoms with E-state index < -0.39 is 12.0 Å². The molecular weight excluding hydrogens is 404 g/mol. The molecule has 0 spiro atoms. The third-order valence-electron chi connectivity index (χ3n) is 5.39. The first-order valence-electron chi connectivity index (χ1n) is 9.75. The molecule has 0 unspecified atom stereocenters. The molecule has 2 N–H and O–H groups in total. The Morgan fingerprint density at radius 2 is 1.97 bits per heavy atom. The molecule has 156 valence electrons. The van der Waals surface area contributed by atoms with E-state index in [1.165, 1.54) is 0 Å². The number of carbonyl (C=O) groups is 3. The number of amides is 2. The van der Waals surface area contributed by atoms with Gasteiger partial charge in [-0.25, -0.2) is 0 Å². The van der Waals surface area contributed by atoms with E-state index in [9.17, 15) is 14.4 Å². The van der Waals surface area contributed by atoms with Gasteiger partial charge in [0.2, 0.25) is 0 Å². The number of rotatable bonds is 4. The van der Waals surface area contributed by atoms with Gasteiger partial charge in [0, 0.05) is 56.3 Å². The van der Waals surface area contributed by atoms with Crippen molar-refractivity contribution in [1.82, 2.24) is 9.88 Å². The largest absolute Gasteiger partial charge is 0.452 e. The second-order valence-electron chi connectivity index (χ2n) is 7.33. The van der Waals surface area contributed by atoms with Gasteiger partial charge in [-0.1, -0.05) is 6.07 Å². The Hall–Kier alpha value is -3.07. The molecule has 1 atom stereocenters. The summed E-state index contributed by atoms with van der Waals surface area (Å²) in [6.45, 7) is 2.42. The topological polar surface area (TPSA) is 106 Å². The first-order valence-corrected chi connectivity index (χ1v) is 10.2. The molecule has 2 aliphatic heterocycles. The average molecular weight is 426 g/mol. The Bertz CT molecular complexity index is 1050. The minimum absolute atomic E-state index is 0.111. The highest BCUT2D eigenvalue weighted by Gasteiger charge is 2.34. The van der Waals surface area contributed by atoms with Crippen LogP contribution in [0.1, 0.15) is 18.4 Å². The zero-order valence-electron chi connectivity index (χ0n) is 16.3. The number of benzene rings is 1. The van der Waals surface area contributed by atoms with Crippen LogP contribution >= 0.6 is 12.6 Å². The smallest absolute Gasteiger partial charge is 0.306 e. The van der Waals surface area contributed by atoms with Crippen molar-refractivity contribution in [2.24, 2.45) is 5.73 Å². The van der Waals surface area contributed by atoms with Gasteiger partial charge >= 0.3 is 5.97 Å². The van der Waals surface area contributed by atoms with Crippen molar-refractivity contribution >= 4 is 53.1 Å². The van der Waals surface area contributed by atoms with Crippen LogP contribution in [-0.2, 0) is 19.1 Å². The van der Waals surface area contributed by atoms with Gasteiger partial charge < -0.3 is 20.3 Å². The van der Waals surface area contributed by atoms with Gasteiger partial charge in [-0.3, -0.25) is 19.4 Å². The molecule has 9 heteroatoms. The highest BCUT2D eigenvalue weighted by Crippen LogP contribution is 2.28. The van der Waals surface area contributed by atoms with Crippen LogP contribution in [-0.4, -0.2) is 60.0 Å². The summed E-state index contributed by atoms with van der Waals surface area (Å²) in [5.41, 5.74) is 7.92. The minimum atomic E-state index is -0.638. The number of pyridine rings is 1. The molecule has 2 aliphatic rings. The number of esters is 1. The van der Waals surface area contributed by atoms with E-state index >= 15 is 0 Å². The molecule has 1 aromatic heterocycles. The molecule has 2 fully saturated rings. The van der Waals surface area contributed by atoms with Gasteiger partial charge in [0.25, 0.3) is 11.8 Å². The SMILES string of the molecule is NC(=O)/C(S)=C/c1ccc2nccc(N3CCN(C(=O)[C@H]4CCC(=O)O4)CC3)c2c1. The van der Waals surface area contributed by atoms with Crippen LogP contribution in [0.4, 0.5) is 5.69 Å². The monoisotopic (exact) mass is 426 g/mol. The quantitative estimate of drug-likeness (QED) is 0.434. The average Bonchev–Trinajstić information content (AvgIpc) is 3.19. The predicted octanol–water partition coefficient (Wildman–Crippen LogP) is 1.34. The second kappa shape index (κ2) is 8.35. The first-order chi connectivity index (χ1) is 14.4. The Morgan fingerprint density at radius 3 is 2.63 bits per heavy atom. The van der Waals surface area contributed by atoms with E-state index in [0.29, 0.717) is 39.0 Å². The van der Waals surface area contributed by atoms with Gasteiger partial charge in [0.05, 0.1) is 10.4 Å². The van der Waals surface area contributed by atoms with Crippen LogP contribution in [0, 0.1) is 0 Å². The van der Waals surface area contributed by atoms with E-state index in [0.717, 1.165) is 22.2 Å². The molecule has 0 radical (unpaired) electrons. The molecule has 4 rings (SSSR count). The lowest BCUT2D eigenvalue weighted by Crippen LogP contribution is -2.51. The molecule has 30 heavy (non-hydrogen) atoms. The summed E-state index contributed by atoms with van der Waals surface area (Å²) in [5.74, 6) is -1.00. The maximum absolute atomic E-state index is 12.6.